The number of aryl methyl sites for hydroxylation is 3. The van der Waals surface area contributed by atoms with Crippen molar-refractivity contribution in [3.05, 3.63) is 64.7 Å². The first-order chi connectivity index (χ1) is 9.08. The van der Waals surface area contributed by atoms with Crippen LogP contribution in [0.4, 0.5) is 4.39 Å². The summed E-state index contributed by atoms with van der Waals surface area (Å²) in [7, 11) is 0. The van der Waals surface area contributed by atoms with Gasteiger partial charge in [0.1, 0.15) is 5.82 Å². The van der Waals surface area contributed by atoms with Crippen molar-refractivity contribution in [1.29, 1.82) is 0 Å². The van der Waals surface area contributed by atoms with E-state index in [1.165, 1.54) is 5.56 Å². The Hall–Kier alpha value is -1.74. The second-order valence-corrected chi connectivity index (χ2v) is 4.98. The fourth-order valence-corrected chi connectivity index (χ4v) is 2.41. The van der Waals surface area contributed by atoms with Gasteiger partial charge in [-0.15, -0.1) is 0 Å². The molecule has 100 valence electrons. The minimum absolute atomic E-state index is 0.195. The summed E-state index contributed by atoms with van der Waals surface area (Å²) in [5, 5.41) is 0. The van der Waals surface area contributed by atoms with Crippen LogP contribution in [0, 0.1) is 19.7 Å². The second kappa shape index (κ2) is 5.93. The number of benzene rings is 1. The molecule has 1 atom stereocenters. The largest absolute Gasteiger partial charge is 0.324 e. The Morgan fingerprint density at radius 1 is 1.21 bits per heavy atom. The van der Waals surface area contributed by atoms with Crippen molar-refractivity contribution in [2.45, 2.75) is 32.7 Å². The predicted octanol–water partition coefficient (Wildman–Crippen LogP) is 3.47. The minimum atomic E-state index is -0.270. The third kappa shape index (κ3) is 3.38. The molecular weight excluding hydrogens is 239 g/mol. The minimum Gasteiger partial charge on any atom is -0.324 e. The van der Waals surface area contributed by atoms with Gasteiger partial charge >= 0.3 is 0 Å². The maximum absolute atomic E-state index is 14.0. The van der Waals surface area contributed by atoms with Crippen LogP contribution in [0.15, 0.2) is 36.7 Å². The fraction of sp³-hybridized carbons (Fsp3) is 0.312. The third-order valence-electron chi connectivity index (χ3n) is 3.34. The summed E-state index contributed by atoms with van der Waals surface area (Å²) in [5.41, 5.74) is 9.81. The van der Waals surface area contributed by atoms with E-state index in [-0.39, 0.29) is 11.9 Å². The van der Waals surface area contributed by atoms with Gasteiger partial charge in [0, 0.05) is 24.0 Å². The first-order valence-corrected chi connectivity index (χ1v) is 6.49. The number of hydrogen-bond donors (Lipinski definition) is 1. The summed E-state index contributed by atoms with van der Waals surface area (Å²) in [4.78, 5) is 3.98. The highest BCUT2D eigenvalue weighted by Crippen LogP contribution is 2.24. The zero-order valence-electron chi connectivity index (χ0n) is 11.4. The van der Waals surface area contributed by atoms with Gasteiger partial charge in [0.15, 0.2) is 0 Å². The lowest BCUT2D eigenvalue weighted by atomic mass is 9.95. The molecule has 0 aliphatic heterocycles. The van der Waals surface area contributed by atoms with Gasteiger partial charge in [-0.25, -0.2) is 4.39 Å². The van der Waals surface area contributed by atoms with E-state index in [2.05, 4.69) is 4.98 Å². The van der Waals surface area contributed by atoms with Gasteiger partial charge in [0.25, 0.3) is 0 Å². The lowest BCUT2D eigenvalue weighted by Gasteiger charge is -2.16. The molecule has 2 nitrogen and oxygen atoms in total. The van der Waals surface area contributed by atoms with Crippen LogP contribution < -0.4 is 5.73 Å². The first-order valence-electron chi connectivity index (χ1n) is 6.49. The Labute approximate surface area is 113 Å². The molecule has 0 aliphatic carbocycles. The summed E-state index contributed by atoms with van der Waals surface area (Å²) >= 11 is 0. The van der Waals surface area contributed by atoms with E-state index < -0.39 is 0 Å². The van der Waals surface area contributed by atoms with Gasteiger partial charge in [-0.1, -0.05) is 6.07 Å². The highest BCUT2D eigenvalue weighted by Gasteiger charge is 2.14. The summed E-state index contributed by atoms with van der Waals surface area (Å²) in [5.74, 6) is -0.195. The molecule has 1 aromatic heterocycles. The molecule has 0 amide bonds. The Morgan fingerprint density at radius 3 is 2.53 bits per heavy atom. The van der Waals surface area contributed by atoms with E-state index in [4.69, 9.17) is 5.73 Å². The van der Waals surface area contributed by atoms with E-state index in [0.717, 1.165) is 24.0 Å². The Balaban J connectivity index is 2.10. The molecule has 0 saturated carbocycles. The quantitative estimate of drug-likeness (QED) is 0.912. The molecule has 3 heteroatoms. The van der Waals surface area contributed by atoms with Crippen LogP contribution in [0.5, 0.6) is 0 Å². The van der Waals surface area contributed by atoms with Crippen LogP contribution in [-0.2, 0) is 6.42 Å². The van der Waals surface area contributed by atoms with Crippen molar-refractivity contribution < 1.29 is 4.39 Å². The summed E-state index contributed by atoms with van der Waals surface area (Å²) in [6.45, 7) is 3.81. The summed E-state index contributed by atoms with van der Waals surface area (Å²) < 4.78 is 14.0. The molecular formula is C16H19FN2. The van der Waals surface area contributed by atoms with Crippen molar-refractivity contribution in [3.63, 3.8) is 0 Å². The average molecular weight is 258 g/mol. The first kappa shape index (κ1) is 13.7. The van der Waals surface area contributed by atoms with Gasteiger partial charge in [0.2, 0.25) is 0 Å². The molecule has 0 spiro atoms. The van der Waals surface area contributed by atoms with Crippen molar-refractivity contribution in [3.8, 4) is 0 Å². The molecule has 2 N–H and O–H groups in total. The lowest BCUT2D eigenvalue weighted by Crippen LogP contribution is -2.15. The van der Waals surface area contributed by atoms with Gasteiger partial charge < -0.3 is 5.73 Å². The Bertz CT molecular complexity index is 529. The Morgan fingerprint density at radius 2 is 1.89 bits per heavy atom. The zero-order chi connectivity index (χ0) is 13.8. The van der Waals surface area contributed by atoms with Gasteiger partial charge in [0.05, 0.1) is 0 Å². The number of pyridine rings is 1. The molecule has 0 fully saturated rings. The van der Waals surface area contributed by atoms with E-state index >= 15 is 0 Å². The SMILES string of the molecule is Cc1cc(C)c(C(N)CCc2ccncc2)c(F)c1. The zero-order valence-corrected chi connectivity index (χ0v) is 11.4. The topological polar surface area (TPSA) is 38.9 Å². The molecule has 0 radical (unpaired) electrons. The normalized spacial score (nSPS) is 12.4. The van der Waals surface area contributed by atoms with Crippen LogP contribution >= 0.6 is 0 Å². The van der Waals surface area contributed by atoms with Crippen molar-refractivity contribution >= 4 is 0 Å². The van der Waals surface area contributed by atoms with Crippen LogP contribution in [-0.4, -0.2) is 4.98 Å². The fourth-order valence-electron chi connectivity index (χ4n) is 2.41. The monoisotopic (exact) mass is 258 g/mol. The van der Waals surface area contributed by atoms with Crippen molar-refractivity contribution in [2.24, 2.45) is 5.73 Å². The number of nitrogens with two attached hydrogens (primary N) is 1. The molecule has 0 bridgehead atoms. The second-order valence-electron chi connectivity index (χ2n) is 4.98. The van der Waals surface area contributed by atoms with Gasteiger partial charge in [-0.2, -0.15) is 0 Å². The molecule has 0 saturated heterocycles. The molecule has 1 heterocycles. The van der Waals surface area contributed by atoms with E-state index in [9.17, 15) is 4.39 Å². The van der Waals surface area contributed by atoms with Crippen LogP contribution in [0.2, 0.25) is 0 Å². The van der Waals surface area contributed by atoms with E-state index in [1.807, 2.05) is 32.0 Å². The van der Waals surface area contributed by atoms with Crippen LogP contribution in [0.1, 0.15) is 34.7 Å². The molecule has 1 aromatic carbocycles. The summed E-state index contributed by atoms with van der Waals surface area (Å²) in [6.07, 6.45) is 5.08. The summed E-state index contributed by atoms with van der Waals surface area (Å²) in [6, 6.07) is 7.18. The maximum atomic E-state index is 14.0. The number of rotatable bonds is 4. The highest BCUT2D eigenvalue weighted by atomic mass is 19.1. The molecule has 2 aromatic rings. The van der Waals surface area contributed by atoms with Crippen molar-refractivity contribution in [1.82, 2.24) is 4.98 Å². The van der Waals surface area contributed by atoms with Gasteiger partial charge in [-0.3, -0.25) is 4.98 Å². The molecule has 2 rings (SSSR count). The smallest absolute Gasteiger partial charge is 0.128 e. The van der Waals surface area contributed by atoms with E-state index in [1.54, 1.807) is 18.5 Å². The molecule has 0 aliphatic rings. The Kier molecular flexibility index (Phi) is 4.27. The van der Waals surface area contributed by atoms with Crippen LogP contribution in [0.3, 0.4) is 0 Å². The van der Waals surface area contributed by atoms with Crippen LogP contribution in [0.25, 0.3) is 0 Å². The lowest BCUT2D eigenvalue weighted by molar-refractivity contribution is 0.559. The third-order valence-corrected chi connectivity index (χ3v) is 3.34. The number of hydrogen-bond acceptors (Lipinski definition) is 2. The highest BCUT2D eigenvalue weighted by molar-refractivity contribution is 5.34. The predicted molar refractivity (Wildman–Crippen MR) is 75.4 cm³/mol. The molecule has 1 unspecified atom stereocenters. The maximum Gasteiger partial charge on any atom is 0.128 e. The number of aromatic nitrogens is 1. The van der Waals surface area contributed by atoms with E-state index in [0.29, 0.717) is 5.56 Å². The van der Waals surface area contributed by atoms with Crippen molar-refractivity contribution in [2.75, 3.05) is 0 Å². The standard InChI is InChI=1S/C16H19FN2/c1-11-9-12(2)16(14(17)10-11)15(18)4-3-13-5-7-19-8-6-13/h5-10,15H,3-4,18H2,1-2H3. The van der Waals surface area contributed by atoms with Gasteiger partial charge in [-0.05, 0) is 61.6 Å². The average Bonchev–Trinajstić information content (AvgIpc) is 2.36. The number of halogens is 1. The molecule has 19 heavy (non-hydrogen) atoms. The number of nitrogens with zero attached hydrogens (tertiary/aromatic N) is 1.